The molecule has 2 atom stereocenters. The lowest BCUT2D eigenvalue weighted by atomic mass is 9.98. The number of aryl methyl sites for hydroxylation is 6. The van der Waals surface area contributed by atoms with Gasteiger partial charge in [0, 0.05) is 81.9 Å². The molecule has 2 unspecified atom stereocenters. The third kappa shape index (κ3) is 11.4. The second-order valence-electron chi connectivity index (χ2n) is 23.1. The Bertz CT molecular complexity index is 4070. The van der Waals surface area contributed by atoms with Gasteiger partial charge in [-0.05, 0) is 245 Å². The largest absolute Gasteiger partial charge is 0.481 e. The van der Waals surface area contributed by atoms with Gasteiger partial charge in [-0.2, -0.15) is 0 Å². The van der Waals surface area contributed by atoms with Crippen LogP contribution >= 0.6 is 0 Å². The fourth-order valence-corrected chi connectivity index (χ4v) is 13.1. The van der Waals surface area contributed by atoms with E-state index in [2.05, 4.69) is 105 Å². The minimum atomic E-state index is -0.919. The Kier molecular flexibility index (Phi) is 16.4. The maximum Gasteiger partial charge on any atom is 0.303 e. The maximum atomic E-state index is 12.2. The molecule has 0 saturated heterocycles. The fourth-order valence-electron chi connectivity index (χ4n) is 13.1. The van der Waals surface area contributed by atoms with Gasteiger partial charge in [0.25, 0.3) is 0 Å². The molecule has 0 spiro atoms. The summed E-state index contributed by atoms with van der Waals surface area (Å²) >= 11 is 0. The molecule has 0 saturated carbocycles. The third-order valence-corrected chi connectivity index (χ3v) is 17.9. The first-order valence-corrected chi connectivity index (χ1v) is 29.4. The van der Waals surface area contributed by atoms with Crippen LogP contribution in [0.2, 0.25) is 0 Å². The molecule has 85 heavy (non-hydrogen) atoms. The van der Waals surface area contributed by atoms with Gasteiger partial charge < -0.3 is 45.7 Å². The molecule has 0 radical (unpaired) electrons. The monoisotopic (exact) mass is 1150 g/mol. The SMILES string of the molecule is CCC1=C(C)c2cc3nc(cc4[nH]c(cc5[nH]c(cc1n2)c(C)c5C(C)NC(C)c1c(C)c2cc5nc(cc6nc(cc7[nH]c(cc1[nH]2)c(C)c7CCC(=O)O)C(CCC(=O)O)=C6C)C(C)=C5CC)c(C)c4CCC(=O)O)C(CCC(=O)O)=C3C. The highest BCUT2D eigenvalue weighted by Gasteiger charge is 2.27. The number of aliphatic carboxylic acids is 4. The predicted octanol–water partition coefficient (Wildman–Crippen LogP) is 14.9. The smallest absolute Gasteiger partial charge is 0.303 e. The molecular formula is C68H75N9O8. The van der Waals surface area contributed by atoms with Gasteiger partial charge in [-0.3, -0.25) is 19.2 Å². The second kappa shape index (κ2) is 23.6. The molecule has 17 nitrogen and oxygen atoms in total. The van der Waals surface area contributed by atoms with Gasteiger partial charge >= 0.3 is 23.9 Å². The number of hydrogen-bond donors (Lipinski definition) is 9. The molecule has 17 heteroatoms. The topological polar surface area (TPSA) is 276 Å². The van der Waals surface area contributed by atoms with Gasteiger partial charge in [-0.1, -0.05) is 13.8 Å². The standard InChI is InChI=1S/C68H75N9O8/c1-13-41-31(3)47-23-49-33(5)43(15-19-63(78)79)57(72-49)29-59-45(17-21-65(82)83)35(7)51(74-59)27-61-67(37(9)53(76-61)25-55(41)70-47)39(11)69-40(12)68-38(10)54-26-56-42(14-2)32(4)48(71-56)24-50-34(6)44(16-20-64(80)81)58(73-50)30-60-46(18-22-66(84)85)36(8)52(75-60)28-62(68)77-54/h23-30,39-40,69,74-77H,13-22H2,1-12H3,(H,78,79)(H,80,81)(H,82,83)(H,84,85). The molecule has 0 amide bonds. The number of H-pyrrole nitrogens is 4. The van der Waals surface area contributed by atoms with E-state index < -0.39 is 23.9 Å². The lowest BCUT2D eigenvalue weighted by Gasteiger charge is -2.21. The summed E-state index contributed by atoms with van der Waals surface area (Å²) < 4.78 is 0. The fraction of sp³-hybridized carbons (Fsp3) is 0.353. The first-order chi connectivity index (χ1) is 40.4. The quantitative estimate of drug-likeness (QED) is 0.0388. The van der Waals surface area contributed by atoms with E-state index in [9.17, 15) is 39.6 Å². The highest BCUT2D eigenvalue weighted by Crippen LogP contribution is 2.41. The molecule has 9 N–H and O–H groups in total. The van der Waals surface area contributed by atoms with Crippen LogP contribution in [0.25, 0.3) is 88.7 Å². The summed E-state index contributed by atoms with van der Waals surface area (Å²) in [6.45, 7) is 24.9. The molecule has 440 valence electrons. The van der Waals surface area contributed by atoms with Crippen molar-refractivity contribution < 1.29 is 39.6 Å². The number of hydrogen-bond acceptors (Lipinski definition) is 9. The molecule has 6 aromatic heterocycles. The number of aromatic amines is 4. The molecule has 10 rings (SSSR count). The molecule has 0 aromatic carbocycles. The molecule has 4 aliphatic heterocycles. The van der Waals surface area contributed by atoms with Gasteiger partial charge in [0.15, 0.2) is 0 Å². The van der Waals surface area contributed by atoms with Crippen LogP contribution in [-0.4, -0.2) is 84.2 Å². The lowest BCUT2D eigenvalue weighted by Crippen LogP contribution is -2.23. The number of aromatic nitrogens is 8. The summed E-state index contributed by atoms with van der Waals surface area (Å²) in [5.41, 5.74) is 27.5. The number of carbonyl (C=O) groups is 4. The van der Waals surface area contributed by atoms with E-state index in [1.54, 1.807) is 0 Å². The van der Waals surface area contributed by atoms with Crippen LogP contribution in [0, 0.1) is 27.7 Å². The lowest BCUT2D eigenvalue weighted by molar-refractivity contribution is -0.138. The Morgan fingerprint density at radius 3 is 0.988 bits per heavy atom. The number of carboxylic acids is 4. The van der Waals surface area contributed by atoms with Crippen molar-refractivity contribution in [3.63, 3.8) is 0 Å². The number of allylic oxidation sites excluding steroid dienone is 8. The summed E-state index contributed by atoms with van der Waals surface area (Å²) in [7, 11) is 0. The zero-order valence-electron chi connectivity index (χ0n) is 50.6. The minimum Gasteiger partial charge on any atom is -0.481 e. The third-order valence-electron chi connectivity index (χ3n) is 17.9. The van der Waals surface area contributed by atoms with Gasteiger partial charge in [0.05, 0.1) is 45.6 Å². The average molecular weight is 1150 g/mol. The van der Waals surface area contributed by atoms with Crippen molar-refractivity contribution in [2.75, 3.05) is 0 Å². The summed E-state index contributed by atoms with van der Waals surface area (Å²) in [4.78, 5) is 84.0. The Morgan fingerprint density at radius 1 is 0.376 bits per heavy atom. The summed E-state index contributed by atoms with van der Waals surface area (Å²) in [5, 5.41) is 43.6. The average Bonchev–Trinajstić information content (AvgIpc) is 4.17. The zero-order chi connectivity index (χ0) is 61.0. The van der Waals surface area contributed by atoms with E-state index in [1.165, 1.54) is 0 Å². The van der Waals surface area contributed by atoms with Crippen LogP contribution in [0.15, 0.2) is 48.5 Å². The molecule has 0 aliphatic carbocycles. The normalized spacial score (nSPS) is 14.3. The molecule has 0 fully saturated rings. The summed E-state index contributed by atoms with van der Waals surface area (Å²) in [6, 6.07) is 15.7. The van der Waals surface area contributed by atoms with Crippen LogP contribution in [0.3, 0.4) is 0 Å². The Balaban J connectivity index is 1.19. The number of nitrogens with zero attached hydrogens (tertiary/aromatic N) is 4. The van der Waals surface area contributed by atoms with Gasteiger partial charge in [-0.15, -0.1) is 0 Å². The van der Waals surface area contributed by atoms with Crippen LogP contribution in [0.5, 0.6) is 0 Å². The van der Waals surface area contributed by atoms with Gasteiger partial charge in [0.2, 0.25) is 0 Å². The molecule has 10 heterocycles. The molecule has 6 aromatic rings. The van der Waals surface area contributed by atoms with Crippen molar-refractivity contribution in [2.24, 2.45) is 0 Å². The van der Waals surface area contributed by atoms with Crippen molar-refractivity contribution in [3.05, 3.63) is 139 Å². The first-order valence-electron chi connectivity index (χ1n) is 29.4. The van der Waals surface area contributed by atoms with Gasteiger partial charge in [-0.25, -0.2) is 19.9 Å². The van der Waals surface area contributed by atoms with E-state index in [4.69, 9.17) is 19.9 Å². The van der Waals surface area contributed by atoms with E-state index in [1.807, 2.05) is 52.0 Å². The second-order valence-corrected chi connectivity index (χ2v) is 23.1. The number of rotatable bonds is 18. The predicted molar refractivity (Wildman–Crippen MR) is 337 cm³/mol. The number of nitrogens with one attached hydrogen (secondary N) is 5. The first kappa shape index (κ1) is 59.2. The summed E-state index contributed by atoms with van der Waals surface area (Å²) in [5.74, 6) is -3.66. The van der Waals surface area contributed by atoms with Crippen LogP contribution in [-0.2, 0) is 32.0 Å². The van der Waals surface area contributed by atoms with Crippen molar-refractivity contribution in [2.45, 2.75) is 159 Å². The highest BCUT2D eigenvalue weighted by atomic mass is 16.4. The Hall–Kier alpha value is -8.96. The zero-order valence-corrected chi connectivity index (χ0v) is 50.6. The Morgan fingerprint density at radius 2 is 0.659 bits per heavy atom. The van der Waals surface area contributed by atoms with Crippen LogP contribution < -0.4 is 5.32 Å². The van der Waals surface area contributed by atoms with Crippen molar-refractivity contribution in [1.29, 1.82) is 0 Å². The molecule has 4 aliphatic rings. The van der Waals surface area contributed by atoms with E-state index >= 15 is 0 Å². The van der Waals surface area contributed by atoms with E-state index in [0.717, 1.165) is 158 Å². The van der Waals surface area contributed by atoms with Gasteiger partial charge in [0.1, 0.15) is 0 Å². The highest BCUT2D eigenvalue weighted by molar-refractivity contribution is 5.98. The van der Waals surface area contributed by atoms with Crippen LogP contribution in [0.1, 0.15) is 209 Å². The van der Waals surface area contributed by atoms with E-state index in [-0.39, 0.29) is 63.5 Å². The molecule has 16 bridgehead atoms. The van der Waals surface area contributed by atoms with E-state index in [0.29, 0.717) is 33.8 Å². The van der Waals surface area contributed by atoms with Crippen molar-refractivity contribution >= 4 is 113 Å². The maximum absolute atomic E-state index is 12.2. The summed E-state index contributed by atoms with van der Waals surface area (Å²) in [6.07, 6.45) is 2.17. The minimum absolute atomic E-state index is 0.0808. The Labute approximate surface area is 493 Å². The number of fused-ring (bicyclic) bond motifs is 16. The molecular weight excluding hydrogens is 1070 g/mol. The number of carboxylic acid groups (broad SMARTS) is 4. The van der Waals surface area contributed by atoms with Crippen LogP contribution in [0.4, 0.5) is 0 Å². The van der Waals surface area contributed by atoms with Crippen molar-refractivity contribution in [1.82, 2.24) is 45.2 Å². The van der Waals surface area contributed by atoms with Crippen molar-refractivity contribution in [3.8, 4) is 0 Å².